The first-order valence-electron chi connectivity index (χ1n) is 7.45. The molecule has 2 aromatic rings. The fourth-order valence-electron chi connectivity index (χ4n) is 2.13. The Bertz CT molecular complexity index is 832. The first-order valence-corrected chi connectivity index (χ1v) is 8.99. The van der Waals surface area contributed by atoms with Crippen LogP contribution in [0.15, 0.2) is 52.0 Å². The van der Waals surface area contributed by atoms with Crippen LogP contribution in [-0.2, 0) is 19.4 Å². The molecule has 7 nitrogen and oxygen atoms in total. The molecule has 25 heavy (non-hydrogen) atoms. The van der Waals surface area contributed by atoms with E-state index in [0.29, 0.717) is 0 Å². The van der Waals surface area contributed by atoms with Crippen LogP contribution in [0.25, 0.3) is 0 Å². The van der Waals surface area contributed by atoms with E-state index in [0.717, 1.165) is 24.3 Å². The van der Waals surface area contributed by atoms with Crippen LogP contribution in [0.2, 0.25) is 0 Å². The summed E-state index contributed by atoms with van der Waals surface area (Å²) in [6.45, 7) is 1.54. The molecule has 2 rings (SSSR count). The summed E-state index contributed by atoms with van der Waals surface area (Å²) in [6, 6.07) is 7.27. The molecule has 134 valence electrons. The van der Waals surface area contributed by atoms with Gasteiger partial charge in [0.15, 0.2) is 9.84 Å². The van der Waals surface area contributed by atoms with Crippen LogP contribution >= 0.6 is 0 Å². The Morgan fingerprint density at radius 2 is 1.76 bits per heavy atom. The summed E-state index contributed by atoms with van der Waals surface area (Å²) in [5.41, 5.74) is 0. The number of hydrogen-bond donors (Lipinski definition) is 2. The summed E-state index contributed by atoms with van der Waals surface area (Å²) in [4.78, 5) is 23.1. The predicted molar refractivity (Wildman–Crippen MR) is 86.7 cm³/mol. The zero-order valence-corrected chi connectivity index (χ0v) is 14.2. The van der Waals surface area contributed by atoms with E-state index in [2.05, 4.69) is 10.6 Å². The summed E-state index contributed by atoms with van der Waals surface area (Å²) in [6.07, 6.45) is 1.30. The molecule has 0 radical (unpaired) electrons. The average molecular weight is 368 g/mol. The van der Waals surface area contributed by atoms with Gasteiger partial charge < -0.3 is 15.1 Å². The van der Waals surface area contributed by atoms with Gasteiger partial charge in [0.2, 0.25) is 0 Å². The number of rotatable bonds is 6. The number of hydrogen-bond acceptors (Lipinski definition) is 5. The number of halogens is 1. The molecule has 9 heteroatoms. The molecule has 0 saturated heterocycles. The monoisotopic (exact) mass is 368 g/mol. The van der Waals surface area contributed by atoms with E-state index < -0.39 is 32.7 Å². The molecule has 1 atom stereocenters. The third-order valence-electron chi connectivity index (χ3n) is 3.37. The molecule has 0 saturated carbocycles. The van der Waals surface area contributed by atoms with Crippen molar-refractivity contribution in [2.24, 2.45) is 0 Å². The molecular formula is C16H17FN2O5S. The smallest absolute Gasteiger partial charge is 0.309 e. The summed E-state index contributed by atoms with van der Waals surface area (Å²) in [5.74, 6) is -2.29. The van der Waals surface area contributed by atoms with Crippen LogP contribution in [0.1, 0.15) is 17.9 Å². The number of amides is 2. The summed E-state index contributed by atoms with van der Waals surface area (Å²) in [7, 11) is -3.98. The Labute approximate surface area is 144 Å². The van der Waals surface area contributed by atoms with Crippen LogP contribution < -0.4 is 10.6 Å². The highest BCUT2D eigenvalue weighted by molar-refractivity contribution is 7.91. The van der Waals surface area contributed by atoms with E-state index >= 15 is 0 Å². The van der Waals surface area contributed by atoms with E-state index in [1.165, 1.54) is 18.4 Å². The van der Waals surface area contributed by atoms with Gasteiger partial charge in [-0.05, 0) is 43.3 Å². The van der Waals surface area contributed by atoms with Gasteiger partial charge >= 0.3 is 11.8 Å². The zero-order chi connectivity index (χ0) is 18.4. The first kappa shape index (κ1) is 18.7. The number of nitrogens with one attached hydrogen (secondary N) is 2. The van der Waals surface area contributed by atoms with E-state index in [-0.39, 0.29) is 23.7 Å². The predicted octanol–water partition coefficient (Wildman–Crippen LogP) is 1.19. The average Bonchev–Trinajstić information content (AvgIpc) is 3.09. The van der Waals surface area contributed by atoms with Crippen molar-refractivity contribution in [3.05, 3.63) is 54.2 Å². The van der Waals surface area contributed by atoms with Gasteiger partial charge in [-0.25, -0.2) is 12.8 Å². The lowest BCUT2D eigenvalue weighted by molar-refractivity contribution is -0.139. The molecule has 1 heterocycles. The molecule has 0 aliphatic rings. The van der Waals surface area contributed by atoms with E-state index in [1.807, 2.05) is 0 Å². The van der Waals surface area contributed by atoms with Crippen molar-refractivity contribution in [1.29, 1.82) is 0 Å². The highest BCUT2D eigenvalue weighted by atomic mass is 32.2. The van der Waals surface area contributed by atoms with Crippen LogP contribution in [0.4, 0.5) is 4.39 Å². The Morgan fingerprint density at radius 1 is 1.12 bits per heavy atom. The normalized spacial score (nSPS) is 12.4. The first-order chi connectivity index (χ1) is 11.9. The molecule has 0 fully saturated rings. The second kappa shape index (κ2) is 7.93. The molecule has 0 bridgehead atoms. The Kier molecular flexibility index (Phi) is 5.92. The number of likely N-dealkylation sites (N-methyl/N-ethyl adjacent to an activating group) is 1. The van der Waals surface area contributed by atoms with Crippen molar-refractivity contribution >= 4 is 21.7 Å². The fraction of sp³-hybridized carbons (Fsp3) is 0.250. The Morgan fingerprint density at radius 3 is 2.32 bits per heavy atom. The third-order valence-corrected chi connectivity index (χ3v) is 5.45. The van der Waals surface area contributed by atoms with E-state index in [9.17, 15) is 22.4 Å². The maximum absolute atomic E-state index is 13.0. The van der Waals surface area contributed by atoms with Gasteiger partial charge in [-0.3, -0.25) is 9.59 Å². The second-order valence-corrected chi connectivity index (χ2v) is 7.20. The van der Waals surface area contributed by atoms with Crippen LogP contribution in [0, 0.1) is 5.82 Å². The lowest BCUT2D eigenvalue weighted by Crippen LogP contribution is -2.42. The van der Waals surface area contributed by atoms with Gasteiger partial charge in [-0.1, -0.05) is 0 Å². The molecule has 1 aromatic heterocycles. The SMILES string of the molecule is CCNC(=O)C(=O)NC[C@H](c1ccco1)S(=O)(=O)c1ccc(F)cc1. The molecule has 2 N–H and O–H groups in total. The van der Waals surface area contributed by atoms with Crippen molar-refractivity contribution in [2.75, 3.05) is 13.1 Å². The standard InChI is InChI=1S/C16H17FN2O5S/c1-2-18-15(20)16(21)19-10-14(13-4-3-9-24-13)25(22,23)12-7-5-11(17)6-8-12/h3-9,14H,2,10H2,1H3,(H,18,20)(H,19,21)/t14-/m1/s1. The Balaban J connectivity index is 2.26. The lowest BCUT2D eigenvalue weighted by atomic mass is 10.3. The number of carbonyl (C=O) groups is 2. The van der Waals surface area contributed by atoms with Gasteiger partial charge in [0.1, 0.15) is 16.8 Å². The van der Waals surface area contributed by atoms with Gasteiger partial charge in [0.05, 0.1) is 11.2 Å². The van der Waals surface area contributed by atoms with Gasteiger partial charge in [-0.15, -0.1) is 0 Å². The molecule has 2 amide bonds. The van der Waals surface area contributed by atoms with Crippen molar-refractivity contribution in [1.82, 2.24) is 10.6 Å². The maximum Gasteiger partial charge on any atom is 0.309 e. The number of furan rings is 1. The summed E-state index contributed by atoms with van der Waals surface area (Å²) < 4.78 is 43.8. The van der Waals surface area contributed by atoms with Gasteiger partial charge in [-0.2, -0.15) is 0 Å². The third kappa shape index (κ3) is 4.44. The summed E-state index contributed by atoms with van der Waals surface area (Å²) >= 11 is 0. The van der Waals surface area contributed by atoms with Crippen LogP contribution in [0.3, 0.4) is 0 Å². The minimum atomic E-state index is -3.98. The van der Waals surface area contributed by atoms with E-state index in [4.69, 9.17) is 4.42 Å². The number of sulfone groups is 1. The highest BCUT2D eigenvalue weighted by Gasteiger charge is 2.32. The van der Waals surface area contributed by atoms with Crippen molar-refractivity contribution in [3.8, 4) is 0 Å². The fourth-order valence-corrected chi connectivity index (χ4v) is 3.72. The van der Waals surface area contributed by atoms with Gasteiger partial charge in [0, 0.05) is 13.1 Å². The summed E-state index contributed by atoms with van der Waals surface area (Å²) in [5, 5.41) is 3.34. The zero-order valence-electron chi connectivity index (χ0n) is 13.4. The minimum absolute atomic E-state index is 0.0977. The van der Waals surface area contributed by atoms with Gasteiger partial charge in [0.25, 0.3) is 0 Å². The molecule has 1 aromatic carbocycles. The molecule has 0 unspecified atom stereocenters. The largest absolute Gasteiger partial charge is 0.468 e. The molecule has 0 aliphatic carbocycles. The molecule has 0 aliphatic heterocycles. The lowest BCUT2D eigenvalue weighted by Gasteiger charge is -2.16. The van der Waals surface area contributed by atoms with Crippen LogP contribution in [-0.4, -0.2) is 33.3 Å². The Hall–Kier alpha value is -2.68. The topological polar surface area (TPSA) is 105 Å². The van der Waals surface area contributed by atoms with Crippen LogP contribution in [0.5, 0.6) is 0 Å². The van der Waals surface area contributed by atoms with Crippen molar-refractivity contribution in [3.63, 3.8) is 0 Å². The van der Waals surface area contributed by atoms with Crippen molar-refractivity contribution in [2.45, 2.75) is 17.1 Å². The molecular weight excluding hydrogens is 351 g/mol. The molecule has 0 spiro atoms. The quantitative estimate of drug-likeness (QED) is 0.588. The maximum atomic E-state index is 13.0. The van der Waals surface area contributed by atoms with E-state index in [1.54, 1.807) is 6.92 Å². The number of benzene rings is 1. The second-order valence-electron chi connectivity index (χ2n) is 5.07. The minimum Gasteiger partial charge on any atom is -0.468 e. The number of carbonyl (C=O) groups excluding carboxylic acids is 2. The van der Waals surface area contributed by atoms with Crippen molar-refractivity contribution < 1.29 is 26.8 Å². The highest BCUT2D eigenvalue weighted by Crippen LogP contribution is 2.29.